The average Bonchev–Trinajstić information content (AvgIpc) is 2.27. The van der Waals surface area contributed by atoms with Gasteiger partial charge in [-0.3, -0.25) is 4.79 Å². The molecule has 6 heteroatoms. The van der Waals surface area contributed by atoms with Gasteiger partial charge in [0.15, 0.2) is 0 Å². The minimum atomic E-state index is -0.975. The molecule has 6 nitrogen and oxygen atoms in total. The van der Waals surface area contributed by atoms with Gasteiger partial charge in [0.25, 0.3) is 0 Å². The minimum absolute atomic E-state index is 0.249. The number of rotatable bonds is 2. The molecule has 2 atom stereocenters. The van der Waals surface area contributed by atoms with Crippen LogP contribution in [0.25, 0.3) is 0 Å². The van der Waals surface area contributed by atoms with Gasteiger partial charge in [-0.05, 0) is 26.3 Å². The molecule has 98 valence electrons. The molecule has 0 radical (unpaired) electrons. The number of aliphatic hydroxyl groups is 1. The molecule has 1 aliphatic heterocycles. The Bertz CT molecular complexity index is 444. The lowest BCUT2D eigenvalue weighted by Gasteiger charge is -2.34. The molecule has 1 fully saturated rings. The third-order valence-electron chi connectivity index (χ3n) is 3.15. The second kappa shape index (κ2) is 4.89. The highest BCUT2D eigenvalue weighted by atomic mass is 16.4. The SMILES string of the molecule is Cc1cc(C)nc(N2CC[C@@H](O)[C@@H](C(=O)O)C2)n1. The van der Waals surface area contributed by atoms with Crippen LogP contribution in [0.3, 0.4) is 0 Å². The van der Waals surface area contributed by atoms with Crippen molar-refractivity contribution in [1.82, 2.24) is 9.97 Å². The van der Waals surface area contributed by atoms with E-state index in [1.54, 1.807) is 0 Å². The molecule has 1 aromatic rings. The molecule has 0 aliphatic carbocycles. The Labute approximate surface area is 105 Å². The summed E-state index contributed by atoms with van der Waals surface area (Å²) in [7, 11) is 0. The van der Waals surface area contributed by atoms with Crippen LogP contribution in [0.5, 0.6) is 0 Å². The molecule has 0 spiro atoms. The Balaban J connectivity index is 2.21. The van der Waals surface area contributed by atoms with E-state index in [0.717, 1.165) is 11.4 Å². The largest absolute Gasteiger partial charge is 0.481 e. The predicted octanol–water partition coefficient (Wildman–Crippen LogP) is 0.365. The van der Waals surface area contributed by atoms with Gasteiger partial charge in [-0.2, -0.15) is 0 Å². The summed E-state index contributed by atoms with van der Waals surface area (Å²) in [6, 6.07) is 1.87. The first-order valence-corrected chi connectivity index (χ1v) is 5.95. The first kappa shape index (κ1) is 12.8. The Hall–Kier alpha value is -1.69. The number of nitrogens with zero attached hydrogens (tertiary/aromatic N) is 3. The summed E-state index contributed by atoms with van der Waals surface area (Å²) in [5.74, 6) is -1.20. The Morgan fingerprint density at radius 2 is 2.00 bits per heavy atom. The van der Waals surface area contributed by atoms with E-state index in [-0.39, 0.29) is 6.54 Å². The average molecular weight is 251 g/mol. The highest BCUT2D eigenvalue weighted by Gasteiger charge is 2.34. The molecule has 2 rings (SSSR count). The predicted molar refractivity (Wildman–Crippen MR) is 65.5 cm³/mol. The van der Waals surface area contributed by atoms with Gasteiger partial charge >= 0.3 is 5.97 Å². The highest BCUT2D eigenvalue weighted by Crippen LogP contribution is 2.21. The maximum absolute atomic E-state index is 11.0. The molecular formula is C12H17N3O3. The van der Waals surface area contributed by atoms with Crippen LogP contribution in [0.1, 0.15) is 17.8 Å². The number of piperidine rings is 1. The monoisotopic (exact) mass is 251 g/mol. The standard InChI is InChI=1S/C12H17N3O3/c1-7-5-8(2)14-12(13-7)15-4-3-10(16)9(6-15)11(17)18/h5,9-10,16H,3-4,6H2,1-2H3,(H,17,18)/t9-,10+/m0/s1. The molecule has 0 unspecified atom stereocenters. The molecule has 1 aliphatic rings. The summed E-state index contributed by atoms with van der Waals surface area (Å²) < 4.78 is 0. The van der Waals surface area contributed by atoms with Crippen molar-refractivity contribution < 1.29 is 15.0 Å². The molecular weight excluding hydrogens is 234 g/mol. The van der Waals surface area contributed by atoms with Crippen LogP contribution < -0.4 is 4.90 Å². The smallest absolute Gasteiger partial charge is 0.310 e. The molecule has 1 saturated heterocycles. The zero-order chi connectivity index (χ0) is 13.3. The normalized spacial score (nSPS) is 24.1. The minimum Gasteiger partial charge on any atom is -0.481 e. The second-order valence-electron chi connectivity index (χ2n) is 4.70. The van der Waals surface area contributed by atoms with E-state index in [1.807, 2.05) is 24.8 Å². The number of hydrogen-bond donors (Lipinski definition) is 2. The van der Waals surface area contributed by atoms with Crippen molar-refractivity contribution in [3.05, 3.63) is 17.5 Å². The van der Waals surface area contributed by atoms with E-state index in [1.165, 1.54) is 0 Å². The first-order chi connectivity index (χ1) is 8.47. The molecule has 18 heavy (non-hydrogen) atoms. The van der Waals surface area contributed by atoms with E-state index < -0.39 is 18.0 Å². The van der Waals surface area contributed by atoms with Crippen LogP contribution in [0.15, 0.2) is 6.07 Å². The topological polar surface area (TPSA) is 86.5 Å². The number of aliphatic hydroxyl groups excluding tert-OH is 1. The number of aromatic nitrogens is 2. The summed E-state index contributed by atoms with van der Waals surface area (Å²) in [6.07, 6.45) is -0.363. The molecule has 2 heterocycles. The van der Waals surface area contributed by atoms with E-state index in [2.05, 4.69) is 9.97 Å². The lowest BCUT2D eigenvalue weighted by molar-refractivity contribution is -0.146. The van der Waals surface area contributed by atoms with Gasteiger partial charge in [-0.25, -0.2) is 9.97 Å². The van der Waals surface area contributed by atoms with E-state index in [4.69, 9.17) is 5.11 Å². The van der Waals surface area contributed by atoms with Crippen molar-refractivity contribution in [2.24, 2.45) is 5.92 Å². The van der Waals surface area contributed by atoms with Crippen LogP contribution in [0.2, 0.25) is 0 Å². The number of aliphatic carboxylic acids is 1. The van der Waals surface area contributed by atoms with Gasteiger partial charge in [0.05, 0.1) is 6.10 Å². The molecule has 0 amide bonds. The van der Waals surface area contributed by atoms with Crippen molar-refractivity contribution in [3.63, 3.8) is 0 Å². The van der Waals surface area contributed by atoms with Crippen molar-refractivity contribution in [2.45, 2.75) is 26.4 Å². The lowest BCUT2D eigenvalue weighted by Crippen LogP contribution is -2.47. The first-order valence-electron chi connectivity index (χ1n) is 5.95. The van der Waals surface area contributed by atoms with Gasteiger partial charge in [0.1, 0.15) is 5.92 Å². The van der Waals surface area contributed by atoms with E-state index in [0.29, 0.717) is 18.9 Å². The number of anilines is 1. The molecule has 0 saturated carbocycles. The van der Waals surface area contributed by atoms with Crippen LogP contribution in [-0.2, 0) is 4.79 Å². The number of carboxylic acids is 1. The Morgan fingerprint density at radius 1 is 1.39 bits per heavy atom. The van der Waals surface area contributed by atoms with Crippen LogP contribution in [-0.4, -0.2) is 45.3 Å². The number of carbonyl (C=O) groups is 1. The maximum atomic E-state index is 11.0. The van der Waals surface area contributed by atoms with Gasteiger partial charge in [-0.15, -0.1) is 0 Å². The van der Waals surface area contributed by atoms with E-state index >= 15 is 0 Å². The summed E-state index contributed by atoms with van der Waals surface area (Å²) in [5.41, 5.74) is 1.71. The van der Waals surface area contributed by atoms with Crippen molar-refractivity contribution in [2.75, 3.05) is 18.0 Å². The van der Waals surface area contributed by atoms with Gasteiger partial charge < -0.3 is 15.1 Å². The summed E-state index contributed by atoms with van der Waals surface area (Å²) in [5, 5.41) is 18.7. The summed E-state index contributed by atoms with van der Waals surface area (Å²) >= 11 is 0. The number of hydrogen-bond acceptors (Lipinski definition) is 5. The quantitative estimate of drug-likeness (QED) is 0.789. The van der Waals surface area contributed by atoms with Gasteiger partial charge in [0.2, 0.25) is 5.95 Å². The second-order valence-corrected chi connectivity index (χ2v) is 4.70. The Morgan fingerprint density at radius 3 is 2.56 bits per heavy atom. The van der Waals surface area contributed by atoms with Crippen LogP contribution in [0.4, 0.5) is 5.95 Å². The third kappa shape index (κ3) is 2.59. The molecule has 1 aromatic heterocycles. The highest BCUT2D eigenvalue weighted by molar-refractivity contribution is 5.72. The number of aryl methyl sites for hydroxylation is 2. The molecule has 0 aromatic carbocycles. The van der Waals surface area contributed by atoms with Gasteiger partial charge in [-0.1, -0.05) is 0 Å². The fourth-order valence-corrected chi connectivity index (χ4v) is 2.21. The number of carboxylic acid groups (broad SMARTS) is 1. The van der Waals surface area contributed by atoms with Crippen LogP contribution >= 0.6 is 0 Å². The van der Waals surface area contributed by atoms with E-state index in [9.17, 15) is 9.90 Å². The fraction of sp³-hybridized carbons (Fsp3) is 0.583. The summed E-state index contributed by atoms with van der Waals surface area (Å²) in [4.78, 5) is 21.5. The molecule has 0 bridgehead atoms. The van der Waals surface area contributed by atoms with Crippen molar-refractivity contribution >= 4 is 11.9 Å². The lowest BCUT2D eigenvalue weighted by atomic mass is 9.95. The van der Waals surface area contributed by atoms with Crippen molar-refractivity contribution in [3.8, 4) is 0 Å². The van der Waals surface area contributed by atoms with Gasteiger partial charge in [0, 0.05) is 24.5 Å². The van der Waals surface area contributed by atoms with Crippen LogP contribution in [0, 0.1) is 19.8 Å². The summed E-state index contributed by atoms with van der Waals surface area (Å²) in [6.45, 7) is 4.59. The fourth-order valence-electron chi connectivity index (χ4n) is 2.21. The maximum Gasteiger partial charge on any atom is 0.310 e. The van der Waals surface area contributed by atoms with Crippen molar-refractivity contribution in [1.29, 1.82) is 0 Å². The zero-order valence-corrected chi connectivity index (χ0v) is 10.5. The molecule has 2 N–H and O–H groups in total. The Kier molecular flexibility index (Phi) is 3.47. The zero-order valence-electron chi connectivity index (χ0n) is 10.5. The third-order valence-corrected chi connectivity index (χ3v) is 3.15.